The van der Waals surface area contributed by atoms with Crippen LogP contribution in [0.15, 0.2) is 70.5 Å². The van der Waals surface area contributed by atoms with Crippen molar-refractivity contribution in [2.75, 3.05) is 0 Å². The summed E-state index contributed by atoms with van der Waals surface area (Å²) in [4.78, 5) is -0.0883. The molecule has 0 fully saturated rings. The summed E-state index contributed by atoms with van der Waals surface area (Å²) in [5, 5.41) is 2.91. The van der Waals surface area contributed by atoms with Gasteiger partial charge < -0.3 is 9.11 Å². The summed E-state index contributed by atoms with van der Waals surface area (Å²) in [5.74, 6) is 0. The number of benzene rings is 4. The summed E-state index contributed by atoms with van der Waals surface area (Å²) in [6.45, 7) is 8.95. The summed E-state index contributed by atoms with van der Waals surface area (Å²) in [6, 6.07) is 19.5. The van der Waals surface area contributed by atoms with E-state index in [2.05, 4.69) is 52.0 Å². The van der Waals surface area contributed by atoms with Crippen LogP contribution in [-0.2, 0) is 45.9 Å². The Morgan fingerprint density at radius 3 is 0.783 bits per heavy atom. The molecule has 4 aromatic carbocycles. The van der Waals surface area contributed by atoms with Gasteiger partial charge in [0.05, 0.1) is 9.79 Å². The maximum absolute atomic E-state index is 12.1. The maximum atomic E-state index is 12.1. The molecule has 0 aliphatic heterocycles. The quantitative estimate of drug-likeness (QED) is 0.0251. The first kappa shape index (κ1) is 63.6. The summed E-state index contributed by atoms with van der Waals surface area (Å²) in [6.07, 6.45) is 43.7. The molecular formula is C60H94CaO6S2. The second-order valence-corrected chi connectivity index (χ2v) is 22.8. The maximum Gasteiger partial charge on any atom is 2.00 e. The van der Waals surface area contributed by atoms with E-state index in [1.807, 2.05) is 24.3 Å². The molecule has 4 rings (SSSR count). The van der Waals surface area contributed by atoms with Crippen LogP contribution in [0.3, 0.4) is 0 Å². The van der Waals surface area contributed by atoms with Crippen LogP contribution in [-0.4, -0.2) is 63.7 Å². The van der Waals surface area contributed by atoms with E-state index in [9.17, 15) is 25.9 Å². The van der Waals surface area contributed by atoms with Gasteiger partial charge in [-0.3, -0.25) is 0 Å². The summed E-state index contributed by atoms with van der Waals surface area (Å²) < 4.78 is 72.4. The Kier molecular flexibility index (Phi) is 35.1. The number of aryl methyl sites for hydroxylation is 4. The van der Waals surface area contributed by atoms with E-state index in [-0.39, 0.29) is 47.5 Å². The zero-order valence-corrected chi connectivity index (χ0v) is 48.0. The van der Waals surface area contributed by atoms with Crippen molar-refractivity contribution in [3.63, 3.8) is 0 Å². The van der Waals surface area contributed by atoms with Crippen molar-refractivity contribution in [2.45, 2.75) is 269 Å². The Balaban J connectivity index is 0.000000467. The minimum Gasteiger partial charge on any atom is -0.744 e. The molecule has 0 heterocycles. The molecule has 0 amide bonds. The third-order valence-electron chi connectivity index (χ3n) is 13.9. The van der Waals surface area contributed by atoms with Crippen molar-refractivity contribution in [1.29, 1.82) is 0 Å². The largest absolute Gasteiger partial charge is 2.00 e. The zero-order valence-electron chi connectivity index (χ0n) is 44.2. The predicted molar refractivity (Wildman–Crippen MR) is 295 cm³/mol. The fraction of sp³-hybridized carbons (Fsp3) is 0.667. The van der Waals surface area contributed by atoms with Gasteiger partial charge in [-0.15, -0.1) is 0 Å². The van der Waals surface area contributed by atoms with Gasteiger partial charge in [-0.05, 0) is 119 Å². The Morgan fingerprint density at radius 1 is 0.304 bits per heavy atom. The van der Waals surface area contributed by atoms with Gasteiger partial charge in [0.1, 0.15) is 20.2 Å². The molecule has 6 nitrogen and oxygen atoms in total. The molecule has 4 aromatic rings. The van der Waals surface area contributed by atoms with Crippen molar-refractivity contribution < 1.29 is 25.9 Å². The summed E-state index contributed by atoms with van der Waals surface area (Å²) in [7, 11) is -9.01. The standard InChI is InChI=1S/2C30H48O3S.Ca/c2*1-3-5-7-9-11-13-15-17-19-26-21-22-28-23-27(20-18-16-14-12-10-8-6-4-2)25-30(29(28)24-26)34(31,32)33;/h2*21-25H,3-20H2,1-2H3,(H,31,32,33);/q;;+2/p-2. The average molecular weight is 1020 g/mol. The van der Waals surface area contributed by atoms with Crippen LogP contribution in [0.5, 0.6) is 0 Å². The smallest absolute Gasteiger partial charge is 0.744 e. The van der Waals surface area contributed by atoms with Gasteiger partial charge in [0.15, 0.2) is 0 Å². The summed E-state index contributed by atoms with van der Waals surface area (Å²) >= 11 is 0. The Labute approximate surface area is 453 Å². The zero-order chi connectivity index (χ0) is 49.3. The van der Waals surface area contributed by atoms with Crippen LogP contribution < -0.4 is 0 Å². The van der Waals surface area contributed by atoms with Crippen molar-refractivity contribution in [3.05, 3.63) is 82.9 Å². The normalized spacial score (nSPS) is 11.8. The molecule has 0 atom stereocenters. The van der Waals surface area contributed by atoms with Gasteiger partial charge in [-0.1, -0.05) is 244 Å². The molecule has 384 valence electrons. The minimum absolute atomic E-state index is 0. The number of fused-ring (bicyclic) bond motifs is 2. The first-order valence-corrected chi connectivity index (χ1v) is 30.8. The van der Waals surface area contributed by atoms with Crippen LogP contribution in [0.25, 0.3) is 21.5 Å². The van der Waals surface area contributed by atoms with E-state index in [1.165, 1.54) is 167 Å². The monoisotopic (exact) mass is 1010 g/mol. The summed E-state index contributed by atoms with van der Waals surface area (Å²) in [5.41, 5.74) is 4.17. The molecule has 0 aliphatic rings. The van der Waals surface area contributed by atoms with E-state index < -0.39 is 20.2 Å². The van der Waals surface area contributed by atoms with Crippen molar-refractivity contribution in [3.8, 4) is 0 Å². The second kappa shape index (κ2) is 38.1. The number of hydrogen-bond acceptors (Lipinski definition) is 6. The molecule has 0 spiro atoms. The molecule has 0 saturated carbocycles. The van der Waals surface area contributed by atoms with Crippen molar-refractivity contribution in [1.82, 2.24) is 0 Å². The second-order valence-electron chi connectivity index (χ2n) is 20.1. The molecule has 0 radical (unpaired) electrons. The SMILES string of the molecule is CCCCCCCCCCc1cc(S(=O)(=O)[O-])c2cc(CCCCCCCCCC)ccc2c1.CCCCCCCCCCc1cc(S(=O)(=O)[O-])c2cc(CCCCCCCCCC)ccc2c1.[Ca+2]. The van der Waals surface area contributed by atoms with E-state index in [0.717, 1.165) is 97.2 Å². The average Bonchev–Trinajstić information content (AvgIpc) is 3.31. The Bertz CT molecular complexity index is 2030. The molecule has 0 unspecified atom stereocenters. The van der Waals surface area contributed by atoms with E-state index in [0.29, 0.717) is 10.8 Å². The molecule has 0 bridgehead atoms. The first-order chi connectivity index (χ1) is 32.9. The molecule has 0 N–H and O–H groups in total. The molecular weight excluding hydrogens is 921 g/mol. The molecule has 0 aromatic heterocycles. The number of hydrogen-bond donors (Lipinski definition) is 0. The molecule has 69 heavy (non-hydrogen) atoms. The fourth-order valence-corrected chi connectivity index (χ4v) is 11.2. The molecule has 0 saturated heterocycles. The van der Waals surface area contributed by atoms with Crippen LogP contribution in [0.2, 0.25) is 0 Å². The molecule has 9 heteroatoms. The van der Waals surface area contributed by atoms with Gasteiger partial charge in [-0.25, -0.2) is 16.8 Å². The van der Waals surface area contributed by atoms with Gasteiger partial charge in [0, 0.05) is 0 Å². The van der Waals surface area contributed by atoms with Crippen LogP contribution in [0.4, 0.5) is 0 Å². The fourth-order valence-electron chi connectivity index (χ4n) is 9.73. The van der Waals surface area contributed by atoms with E-state index in [1.54, 1.807) is 12.1 Å². The van der Waals surface area contributed by atoms with E-state index in [4.69, 9.17) is 0 Å². The Morgan fingerprint density at radius 2 is 0.536 bits per heavy atom. The minimum atomic E-state index is -4.51. The van der Waals surface area contributed by atoms with Gasteiger partial charge >= 0.3 is 37.7 Å². The van der Waals surface area contributed by atoms with Crippen LogP contribution in [0.1, 0.15) is 255 Å². The van der Waals surface area contributed by atoms with Crippen molar-refractivity contribution in [2.24, 2.45) is 0 Å². The number of unbranched alkanes of at least 4 members (excludes halogenated alkanes) is 28. The van der Waals surface area contributed by atoms with Gasteiger partial charge in [0.2, 0.25) is 0 Å². The Hall–Kier alpha value is -1.52. The number of rotatable bonds is 38. The van der Waals surface area contributed by atoms with Gasteiger partial charge in [0.25, 0.3) is 0 Å². The van der Waals surface area contributed by atoms with Crippen molar-refractivity contribution >= 4 is 79.5 Å². The van der Waals surface area contributed by atoms with E-state index >= 15 is 0 Å². The van der Waals surface area contributed by atoms with Crippen LogP contribution >= 0.6 is 0 Å². The van der Waals surface area contributed by atoms with Crippen LogP contribution in [0, 0.1) is 0 Å². The first-order valence-electron chi connectivity index (χ1n) is 27.9. The predicted octanol–water partition coefficient (Wildman–Crippen LogP) is 17.8. The third-order valence-corrected chi connectivity index (χ3v) is 15.6. The van der Waals surface area contributed by atoms with Gasteiger partial charge in [-0.2, -0.15) is 0 Å². The third kappa shape index (κ3) is 27.4. The topological polar surface area (TPSA) is 114 Å². The molecule has 0 aliphatic carbocycles.